The van der Waals surface area contributed by atoms with Crippen LogP contribution in [0.4, 0.5) is 5.69 Å². The SMILES string of the molecule is CN(C)c1ccc(CCCCNC2CCC(c3ccc4[nH]c(=O)oc4c3)CC2)cc1. The minimum atomic E-state index is -0.374. The Labute approximate surface area is 178 Å². The van der Waals surface area contributed by atoms with Gasteiger partial charge in [-0.3, -0.25) is 4.98 Å². The van der Waals surface area contributed by atoms with Gasteiger partial charge in [0.1, 0.15) is 0 Å². The Morgan fingerprint density at radius 1 is 1.03 bits per heavy atom. The number of hydrogen-bond acceptors (Lipinski definition) is 4. The van der Waals surface area contributed by atoms with E-state index in [1.54, 1.807) is 0 Å². The van der Waals surface area contributed by atoms with Crippen LogP contribution in [0, 0.1) is 0 Å². The van der Waals surface area contributed by atoms with Crippen molar-refractivity contribution in [2.24, 2.45) is 0 Å². The molecule has 3 aromatic rings. The van der Waals surface area contributed by atoms with Crippen LogP contribution >= 0.6 is 0 Å². The average molecular weight is 408 g/mol. The predicted octanol–water partition coefficient (Wildman–Crippen LogP) is 4.83. The molecule has 5 nitrogen and oxygen atoms in total. The molecule has 1 heterocycles. The maximum atomic E-state index is 11.4. The minimum absolute atomic E-state index is 0.374. The number of aromatic nitrogens is 1. The summed E-state index contributed by atoms with van der Waals surface area (Å²) in [6.45, 7) is 1.10. The third kappa shape index (κ3) is 5.14. The fourth-order valence-electron chi connectivity index (χ4n) is 4.57. The molecule has 160 valence electrons. The van der Waals surface area contributed by atoms with Gasteiger partial charge in [0.2, 0.25) is 0 Å². The number of fused-ring (bicyclic) bond motifs is 1. The molecule has 1 saturated carbocycles. The highest BCUT2D eigenvalue weighted by Crippen LogP contribution is 2.34. The van der Waals surface area contributed by atoms with E-state index in [4.69, 9.17) is 4.42 Å². The smallest absolute Gasteiger partial charge is 0.408 e. The fraction of sp³-hybridized carbons (Fsp3) is 0.480. The summed E-state index contributed by atoms with van der Waals surface area (Å²) in [6.07, 6.45) is 8.41. The maximum Gasteiger partial charge on any atom is 0.417 e. The first kappa shape index (κ1) is 20.7. The number of aromatic amines is 1. The van der Waals surface area contributed by atoms with E-state index >= 15 is 0 Å². The van der Waals surface area contributed by atoms with Crippen molar-refractivity contribution >= 4 is 16.8 Å². The molecule has 0 saturated heterocycles. The van der Waals surface area contributed by atoms with E-state index in [1.807, 2.05) is 12.1 Å². The lowest BCUT2D eigenvalue weighted by Gasteiger charge is -2.29. The summed E-state index contributed by atoms with van der Waals surface area (Å²) in [4.78, 5) is 16.2. The highest BCUT2D eigenvalue weighted by Gasteiger charge is 2.22. The molecular weight excluding hydrogens is 374 g/mol. The highest BCUT2D eigenvalue weighted by molar-refractivity contribution is 5.72. The third-order valence-electron chi connectivity index (χ3n) is 6.42. The van der Waals surface area contributed by atoms with E-state index in [1.165, 1.54) is 55.3 Å². The lowest BCUT2D eigenvalue weighted by Crippen LogP contribution is -2.33. The second-order valence-corrected chi connectivity index (χ2v) is 8.79. The zero-order valence-corrected chi connectivity index (χ0v) is 18.1. The summed E-state index contributed by atoms with van der Waals surface area (Å²) in [5.74, 6) is 0.193. The molecule has 0 radical (unpaired) electrons. The van der Waals surface area contributed by atoms with Crippen LogP contribution in [-0.4, -0.2) is 31.7 Å². The molecule has 4 rings (SSSR count). The molecule has 5 heteroatoms. The molecule has 1 fully saturated rings. The number of anilines is 1. The predicted molar refractivity (Wildman–Crippen MR) is 124 cm³/mol. The van der Waals surface area contributed by atoms with Crippen molar-refractivity contribution in [3.8, 4) is 0 Å². The Bertz CT molecular complexity index is 995. The van der Waals surface area contributed by atoms with E-state index in [0.29, 0.717) is 17.5 Å². The molecule has 1 aliphatic rings. The molecule has 0 bridgehead atoms. The van der Waals surface area contributed by atoms with Gasteiger partial charge in [-0.05, 0) is 92.8 Å². The Morgan fingerprint density at radius 2 is 1.80 bits per heavy atom. The van der Waals surface area contributed by atoms with Crippen molar-refractivity contribution in [2.75, 3.05) is 25.5 Å². The number of H-pyrrole nitrogens is 1. The van der Waals surface area contributed by atoms with Crippen LogP contribution in [0.3, 0.4) is 0 Å². The van der Waals surface area contributed by atoms with Crippen LogP contribution in [0.15, 0.2) is 51.7 Å². The fourth-order valence-corrected chi connectivity index (χ4v) is 4.57. The summed E-state index contributed by atoms with van der Waals surface area (Å²) in [5, 5.41) is 3.77. The molecular formula is C25H33N3O2. The Morgan fingerprint density at radius 3 is 2.53 bits per heavy atom. The molecule has 0 aliphatic heterocycles. The van der Waals surface area contributed by atoms with E-state index in [-0.39, 0.29) is 5.76 Å². The van der Waals surface area contributed by atoms with Gasteiger partial charge < -0.3 is 14.6 Å². The van der Waals surface area contributed by atoms with E-state index in [2.05, 4.69) is 59.6 Å². The third-order valence-corrected chi connectivity index (χ3v) is 6.42. The molecule has 2 N–H and O–H groups in total. The number of aryl methyl sites for hydroxylation is 1. The second-order valence-electron chi connectivity index (χ2n) is 8.79. The molecule has 0 atom stereocenters. The lowest BCUT2D eigenvalue weighted by atomic mass is 9.81. The molecule has 30 heavy (non-hydrogen) atoms. The molecule has 1 aliphatic carbocycles. The zero-order chi connectivity index (χ0) is 20.9. The second kappa shape index (κ2) is 9.52. The van der Waals surface area contributed by atoms with E-state index in [9.17, 15) is 4.79 Å². The van der Waals surface area contributed by atoms with Gasteiger partial charge in [-0.15, -0.1) is 0 Å². The van der Waals surface area contributed by atoms with Crippen LogP contribution in [0.1, 0.15) is 55.6 Å². The van der Waals surface area contributed by atoms with Crippen LogP contribution < -0.4 is 16.0 Å². The normalized spacial score (nSPS) is 19.3. The van der Waals surface area contributed by atoms with E-state index in [0.717, 1.165) is 18.5 Å². The summed E-state index contributed by atoms with van der Waals surface area (Å²) in [5.41, 5.74) is 5.44. The van der Waals surface area contributed by atoms with Crippen LogP contribution in [0.2, 0.25) is 0 Å². The monoisotopic (exact) mass is 407 g/mol. The summed E-state index contributed by atoms with van der Waals surface area (Å²) in [6, 6.07) is 15.7. The first-order valence-corrected chi connectivity index (χ1v) is 11.2. The zero-order valence-electron chi connectivity index (χ0n) is 18.1. The number of unbranched alkanes of at least 4 members (excludes halogenated alkanes) is 1. The van der Waals surface area contributed by atoms with Gasteiger partial charge in [0.05, 0.1) is 5.52 Å². The van der Waals surface area contributed by atoms with Gasteiger partial charge in [-0.2, -0.15) is 0 Å². The Hall–Kier alpha value is -2.53. The number of oxazole rings is 1. The number of nitrogens with one attached hydrogen (secondary N) is 2. The first-order chi connectivity index (χ1) is 14.6. The molecule has 2 aromatic carbocycles. The maximum absolute atomic E-state index is 11.4. The summed E-state index contributed by atoms with van der Waals surface area (Å²) < 4.78 is 5.22. The summed E-state index contributed by atoms with van der Waals surface area (Å²) >= 11 is 0. The van der Waals surface area contributed by atoms with Crippen molar-refractivity contribution in [1.29, 1.82) is 0 Å². The quantitative estimate of drug-likeness (QED) is 0.525. The van der Waals surface area contributed by atoms with E-state index < -0.39 is 0 Å². The van der Waals surface area contributed by atoms with Crippen molar-refractivity contribution in [3.63, 3.8) is 0 Å². The van der Waals surface area contributed by atoms with Crippen LogP contribution in [-0.2, 0) is 6.42 Å². The first-order valence-electron chi connectivity index (χ1n) is 11.2. The molecule has 0 unspecified atom stereocenters. The number of nitrogens with zero attached hydrogens (tertiary/aromatic N) is 1. The minimum Gasteiger partial charge on any atom is -0.408 e. The standard InChI is InChI=1S/C25H33N3O2/c1-28(2)22-13-6-18(7-14-22)5-3-4-16-26-21-11-8-19(9-12-21)20-10-15-23-24(17-20)30-25(29)27-23/h6-7,10,13-15,17,19,21,26H,3-5,8-9,11-12,16H2,1-2H3,(H,27,29). The largest absolute Gasteiger partial charge is 0.417 e. The number of hydrogen-bond donors (Lipinski definition) is 2. The Kier molecular flexibility index (Phi) is 6.58. The molecule has 0 spiro atoms. The van der Waals surface area contributed by atoms with Gasteiger partial charge in [-0.1, -0.05) is 18.2 Å². The van der Waals surface area contributed by atoms with Gasteiger partial charge >= 0.3 is 5.76 Å². The van der Waals surface area contributed by atoms with Crippen molar-refractivity contribution in [2.45, 2.75) is 56.9 Å². The molecule has 1 aromatic heterocycles. The van der Waals surface area contributed by atoms with Gasteiger partial charge in [0, 0.05) is 25.8 Å². The highest BCUT2D eigenvalue weighted by atomic mass is 16.4. The Balaban J connectivity index is 1.15. The average Bonchev–Trinajstić information content (AvgIpc) is 3.13. The van der Waals surface area contributed by atoms with Gasteiger partial charge in [0.15, 0.2) is 5.58 Å². The topological polar surface area (TPSA) is 61.3 Å². The van der Waals surface area contributed by atoms with Crippen molar-refractivity contribution in [1.82, 2.24) is 10.3 Å². The lowest BCUT2D eigenvalue weighted by molar-refractivity contribution is 0.341. The van der Waals surface area contributed by atoms with Crippen molar-refractivity contribution < 1.29 is 4.42 Å². The van der Waals surface area contributed by atoms with Crippen LogP contribution in [0.5, 0.6) is 0 Å². The van der Waals surface area contributed by atoms with Gasteiger partial charge in [-0.25, -0.2) is 4.79 Å². The van der Waals surface area contributed by atoms with Gasteiger partial charge in [0.25, 0.3) is 0 Å². The molecule has 0 amide bonds. The number of rotatable bonds is 8. The number of benzene rings is 2. The summed E-state index contributed by atoms with van der Waals surface area (Å²) in [7, 11) is 4.15. The van der Waals surface area contributed by atoms with Crippen LogP contribution in [0.25, 0.3) is 11.1 Å². The van der Waals surface area contributed by atoms with Crippen molar-refractivity contribution in [3.05, 3.63) is 64.1 Å².